The van der Waals surface area contributed by atoms with Gasteiger partial charge in [0.15, 0.2) is 0 Å². The first-order chi connectivity index (χ1) is 7.59. The molecule has 0 aromatic heterocycles. The Hall–Kier alpha value is -0.0800. The summed E-state index contributed by atoms with van der Waals surface area (Å²) in [5.74, 6) is 1.80. The predicted octanol–water partition coefficient (Wildman–Crippen LogP) is 2.35. The Morgan fingerprint density at radius 1 is 1.44 bits per heavy atom. The summed E-state index contributed by atoms with van der Waals surface area (Å²) in [6.45, 7) is 13.6. The largest absolute Gasteiger partial charge is 0.316 e. The third-order valence-electron chi connectivity index (χ3n) is 4.55. The molecule has 1 N–H and O–H groups in total. The van der Waals surface area contributed by atoms with Crippen LogP contribution in [-0.2, 0) is 0 Å². The van der Waals surface area contributed by atoms with E-state index in [2.05, 4.69) is 31.0 Å². The Morgan fingerprint density at radius 3 is 2.88 bits per heavy atom. The molecule has 0 bridgehead atoms. The van der Waals surface area contributed by atoms with Crippen LogP contribution in [0.3, 0.4) is 0 Å². The highest BCUT2D eigenvalue weighted by molar-refractivity contribution is 4.88. The van der Waals surface area contributed by atoms with Crippen molar-refractivity contribution in [3.63, 3.8) is 0 Å². The second-order valence-electron chi connectivity index (χ2n) is 6.62. The van der Waals surface area contributed by atoms with Gasteiger partial charge in [-0.05, 0) is 49.6 Å². The lowest BCUT2D eigenvalue weighted by Gasteiger charge is -2.39. The first-order valence-corrected chi connectivity index (χ1v) is 7.02. The molecule has 0 spiro atoms. The molecule has 0 aromatic carbocycles. The molecule has 2 aliphatic heterocycles. The fourth-order valence-electron chi connectivity index (χ4n) is 3.32. The highest BCUT2D eigenvalue weighted by Crippen LogP contribution is 2.29. The summed E-state index contributed by atoms with van der Waals surface area (Å²) in [6.07, 6.45) is 4.21. The van der Waals surface area contributed by atoms with Gasteiger partial charge in [-0.3, -0.25) is 0 Å². The van der Waals surface area contributed by atoms with E-state index in [9.17, 15) is 0 Å². The molecule has 2 rings (SSSR count). The molecule has 2 unspecified atom stereocenters. The van der Waals surface area contributed by atoms with E-state index in [0.29, 0.717) is 5.41 Å². The van der Waals surface area contributed by atoms with Gasteiger partial charge in [-0.2, -0.15) is 0 Å². The summed E-state index contributed by atoms with van der Waals surface area (Å²) in [4.78, 5) is 2.72. The lowest BCUT2D eigenvalue weighted by atomic mass is 9.84. The van der Waals surface area contributed by atoms with Crippen molar-refractivity contribution >= 4 is 0 Å². The van der Waals surface area contributed by atoms with Gasteiger partial charge in [0, 0.05) is 19.6 Å². The smallest absolute Gasteiger partial charge is 0.00481 e. The van der Waals surface area contributed by atoms with Crippen LogP contribution in [0.1, 0.15) is 40.0 Å². The molecule has 0 saturated carbocycles. The average Bonchev–Trinajstić information content (AvgIpc) is 2.65. The molecule has 0 amide bonds. The number of nitrogens with one attached hydrogen (secondary N) is 1. The summed E-state index contributed by atoms with van der Waals surface area (Å²) in [6, 6.07) is 0. The molecule has 2 fully saturated rings. The molecule has 94 valence electrons. The highest BCUT2D eigenvalue weighted by Gasteiger charge is 2.32. The number of rotatable bonds is 3. The Bertz CT molecular complexity index is 219. The lowest BCUT2D eigenvalue weighted by Crippen LogP contribution is -2.43. The van der Waals surface area contributed by atoms with E-state index in [1.54, 1.807) is 0 Å². The fourth-order valence-corrected chi connectivity index (χ4v) is 3.32. The van der Waals surface area contributed by atoms with Crippen molar-refractivity contribution in [2.75, 3.05) is 32.7 Å². The molecule has 0 radical (unpaired) electrons. The van der Waals surface area contributed by atoms with Gasteiger partial charge in [0.05, 0.1) is 0 Å². The topological polar surface area (TPSA) is 15.3 Å². The molecule has 2 aliphatic rings. The van der Waals surface area contributed by atoms with Crippen LogP contribution in [0, 0.1) is 17.3 Å². The maximum absolute atomic E-state index is 3.51. The first kappa shape index (κ1) is 12.4. The third kappa shape index (κ3) is 2.98. The Kier molecular flexibility index (Phi) is 3.91. The van der Waals surface area contributed by atoms with Crippen molar-refractivity contribution in [2.24, 2.45) is 17.3 Å². The van der Waals surface area contributed by atoms with Crippen LogP contribution in [0.25, 0.3) is 0 Å². The summed E-state index contributed by atoms with van der Waals surface area (Å²) in [7, 11) is 0. The number of nitrogens with zero attached hydrogens (tertiary/aromatic N) is 1. The van der Waals surface area contributed by atoms with Crippen LogP contribution >= 0.6 is 0 Å². The number of hydrogen-bond acceptors (Lipinski definition) is 2. The third-order valence-corrected chi connectivity index (χ3v) is 4.55. The molecule has 16 heavy (non-hydrogen) atoms. The Labute approximate surface area is 101 Å². The number of likely N-dealkylation sites (tertiary alicyclic amines) is 1. The zero-order chi connectivity index (χ0) is 11.6. The number of hydrogen-bond donors (Lipinski definition) is 1. The van der Waals surface area contributed by atoms with Crippen molar-refractivity contribution < 1.29 is 0 Å². The van der Waals surface area contributed by atoms with Gasteiger partial charge in [0.2, 0.25) is 0 Å². The fraction of sp³-hybridized carbons (Fsp3) is 1.00. The molecule has 2 heterocycles. The summed E-state index contributed by atoms with van der Waals surface area (Å²) < 4.78 is 0. The molecule has 2 heteroatoms. The van der Waals surface area contributed by atoms with Gasteiger partial charge in [-0.15, -0.1) is 0 Å². The SMILES string of the molecule is CC(C)C1CCCN(CC2(C)CCNC2)C1. The van der Waals surface area contributed by atoms with E-state index in [1.165, 1.54) is 52.0 Å². The van der Waals surface area contributed by atoms with Crippen molar-refractivity contribution in [2.45, 2.75) is 40.0 Å². The van der Waals surface area contributed by atoms with Crippen LogP contribution in [0.15, 0.2) is 0 Å². The maximum atomic E-state index is 3.51. The second kappa shape index (κ2) is 5.05. The minimum Gasteiger partial charge on any atom is -0.316 e. The minimum atomic E-state index is 0.541. The van der Waals surface area contributed by atoms with Gasteiger partial charge in [0.1, 0.15) is 0 Å². The normalized spacial score (nSPS) is 37.1. The van der Waals surface area contributed by atoms with Crippen LogP contribution in [0.4, 0.5) is 0 Å². The van der Waals surface area contributed by atoms with Crippen LogP contribution in [-0.4, -0.2) is 37.6 Å². The average molecular weight is 224 g/mol. The van der Waals surface area contributed by atoms with E-state index >= 15 is 0 Å². The predicted molar refractivity (Wildman–Crippen MR) is 69.6 cm³/mol. The summed E-state index contributed by atoms with van der Waals surface area (Å²) in [5, 5.41) is 3.51. The molecule has 2 nitrogen and oxygen atoms in total. The molecule has 0 aliphatic carbocycles. The van der Waals surface area contributed by atoms with Gasteiger partial charge in [0.25, 0.3) is 0 Å². The summed E-state index contributed by atoms with van der Waals surface area (Å²) >= 11 is 0. The zero-order valence-corrected chi connectivity index (χ0v) is 11.3. The van der Waals surface area contributed by atoms with Crippen molar-refractivity contribution in [3.05, 3.63) is 0 Å². The maximum Gasteiger partial charge on any atom is 0.00481 e. The van der Waals surface area contributed by atoms with E-state index in [0.717, 1.165) is 11.8 Å². The van der Waals surface area contributed by atoms with Gasteiger partial charge >= 0.3 is 0 Å². The summed E-state index contributed by atoms with van der Waals surface area (Å²) in [5.41, 5.74) is 0.541. The van der Waals surface area contributed by atoms with Gasteiger partial charge in [-0.25, -0.2) is 0 Å². The Morgan fingerprint density at radius 2 is 2.25 bits per heavy atom. The van der Waals surface area contributed by atoms with E-state index in [4.69, 9.17) is 0 Å². The van der Waals surface area contributed by atoms with E-state index in [-0.39, 0.29) is 0 Å². The minimum absolute atomic E-state index is 0.541. The van der Waals surface area contributed by atoms with Crippen molar-refractivity contribution in [3.8, 4) is 0 Å². The van der Waals surface area contributed by atoms with Crippen LogP contribution < -0.4 is 5.32 Å². The van der Waals surface area contributed by atoms with E-state index < -0.39 is 0 Å². The second-order valence-corrected chi connectivity index (χ2v) is 6.62. The number of piperidine rings is 1. The molecular weight excluding hydrogens is 196 g/mol. The molecule has 0 aromatic rings. The van der Waals surface area contributed by atoms with Gasteiger partial charge < -0.3 is 10.2 Å². The first-order valence-electron chi connectivity index (χ1n) is 7.02. The molecule has 2 saturated heterocycles. The Balaban J connectivity index is 1.85. The monoisotopic (exact) mass is 224 g/mol. The quantitative estimate of drug-likeness (QED) is 0.791. The standard InChI is InChI=1S/C14H28N2/c1-12(2)13-5-4-8-16(9-13)11-14(3)6-7-15-10-14/h12-13,15H,4-11H2,1-3H3. The highest BCUT2D eigenvalue weighted by atomic mass is 15.1. The van der Waals surface area contributed by atoms with Crippen LogP contribution in [0.5, 0.6) is 0 Å². The zero-order valence-electron chi connectivity index (χ0n) is 11.3. The molecular formula is C14H28N2. The molecule has 2 atom stereocenters. The van der Waals surface area contributed by atoms with Crippen molar-refractivity contribution in [1.82, 2.24) is 10.2 Å². The van der Waals surface area contributed by atoms with Gasteiger partial charge in [-0.1, -0.05) is 20.8 Å². The van der Waals surface area contributed by atoms with E-state index in [1.807, 2.05) is 0 Å². The lowest BCUT2D eigenvalue weighted by molar-refractivity contribution is 0.103. The van der Waals surface area contributed by atoms with Crippen molar-refractivity contribution in [1.29, 1.82) is 0 Å². The van der Waals surface area contributed by atoms with Crippen LogP contribution in [0.2, 0.25) is 0 Å².